The number of aromatic nitrogens is 2. The number of rotatable bonds is 6. The van der Waals surface area contributed by atoms with E-state index in [1.807, 2.05) is 6.92 Å². The first-order chi connectivity index (χ1) is 9.58. The molecule has 2 heterocycles. The molecule has 114 valence electrons. The third-order valence-corrected chi connectivity index (χ3v) is 3.43. The molecular formula is C14H26N4O2. The molecular weight excluding hydrogens is 256 g/mol. The Morgan fingerprint density at radius 1 is 1.60 bits per heavy atom. The van der Waals surface area contributed by atoms with Gasteiger partial charge in [-0.2, -0.15) is 0 Å². The van der Waals surface area contributed by atoms with Gasteiger partial charge in [0.15, 0.2) is 0 Å². The third kappa shape index (κ3) is 4.19. The lowest BCUT2D eigenvalue weighted by Crippen LogP contribution is -2.42. The van der Waals surface area contributed by atoms with Crippen LogP contribution in [0.3, 0.4) is 0 Å². The molecule has 0 aliphatic carbocycles. The van der Waals surface area contributed by atoms with Crippen molar-refractivity contribution in [2.45, 2.75) is 32.5 Å². The number of hydrogen-bond acceptors (Lipinski definition) is 5. The Morgan fingerprint density at radius 3 is 3.10 bits per heavy atom. The highest BCUT2D eigenvalue weighted by Crippen LogP contribution is 2.14. The molecule has 1 aromatic rings. The minimum absolute atomic E-state index is 0.223. The number of likely N-dealkylation sites (N-methyl/N-ethyl adjacent to an activating group) is 1. The average Bonchev–Trinajstić information content (AvgIpc) is 2.69. The van der Waals surface area contributed by atoms with Crippen molar-refractivity contribution in [3.8, 4) is 0 Å². The van der Waals surface area contributed by atoms with Crippen molar-refractivity contribution in [2.24, 2.45) is 0 Å². The van der Waals surface area contributed by atoms with Crippen LogP contribution in [-0.4, -0.2) is 67.1 Å². The number of hydrogen-bond donors (Lipinski definition) is 1. The molecule has 2 rings (SSSR count). The van der Waals surface area contributed by atoms with Crippen LogP contribution >= 0.6 is 0 Å². The fraction of sp³-hybridized carbons (Fsp3) is 0.786. The van der Waals surface area contributed by atoms with E-state index in [0.29, 0.717) is 6.61 Å². The maximum Gasteiger partial charge on any atom is 0.203 e. The van der Waals surface area contributed by atoms with Crippen molar-refractivity contribution < 1.29 is 9.47 Å². The highest BCUT2D eigenvalue weighted by atomic mass is 16.5. The van der Waals surface area contributed by atoms with E-state index in [2.05, 4.69) is 39.9 Å². The molecule has 0 radical (unpaired) electrons. The van der Waals surface area contributed by atoms with Gasteiger partial charge in [0.2, 0.25) is 5.95 Å². The Morgan fingerprint density at radius 2 is 2.40 bits per heavy atom. The molecule has 1 saturated heterocycles. The zero-order valence-electron chi connectivity index (χ0n) is 12.9. The monoisotopic (exact) mass is 282 g/mol. The van der Waals surface area contributed by atoms with Gasteiger partial charge in [-0.3, -0.25) is 0 Å². The lowest BCUT2D eigenvalue weighted by atomic mass is 10.3. The fourth-order valence-corrected chi connectivity index (χ4v) is 2.51. The van der Waals surface area contributed by atoms with Gasteiger partial charge in [0.25, 0.3) is 0 Å². The first-order valence-electron chi connectivity index (χ1n) is 7.18. The van der Waals surface area contributed by atoms with E-state index < -0.39 is 0 Å². The van der Waals surface area contributed by atoms with Gasteiger partial charge in [-0.05, 0) is 20.9 Å². The Balaban J connectivity index is 1.99. The lowest BCUT2D eigenvalue weighted by molar-refractivity contribution is -0.0272. The topological polar surface area (TPSA) is 51.5 Å². The second kappa shape index (κ2) is 7.06. The molecule has 6 heteroatoms. The van der Waals surface area contributed by atoms with Crippen molar-refractivity contribution in [3.63, 3.8) is 0 Å². The SMILES string of the molecule is COCC(C)Nc1nc(C)cn1CC1CN(C)CCO1. The van der Waals surface area contributed by atoms with Crippen LogP contribution in [0.5, 0.6) is 0 Å². The quantitative estimate of drug-likeness (QED) is 0.842. The van der Waals surface area contributed by atoms with E-state index in [0.717, 1.165) is 37.9 Å². The van der Waals surface area contributed by atoms with Crippen molar-refractivity contribution >= 4 is 5.95 Å². The standard InChI is InChI=1S/C14H26N4O2/c1-11-7-18(9-13-8-17(3)5-6-20-13)14(15-11)16-12(2)10-19-4/h7,12-13H,5-6,8-10H2,1-4H3,(H,15,16). The van der Waals surface area contributed by atoms with Crippen LogP contribution in [0.1, 0.15) is 12.6 Å². The smallest absolute Gasteiger partial charge is 0.203 e. The second-order valence-corrected chi connectivity index (χ2v) is 5.61. The van der Waals surface area contributed by atoms with Crippen LogP contribution in [0.4, 0.5) is 5.95 Å². The summed E-state index contributed by atoms with van der Waals surface area (Å²) in [4.78, 5) is 6.85. The predicted octanol–water partition coefficient (Wildman–Crippen LogP) is 0.969. The highest BCUT2D eigenvalue weighted by molar-refractivity contribution is 5.30. The van der Waals surface area contributed by atoms with Crippen LogP contribution < -0.4 is 5.32 Å². The van der Waals surface area contributed by atoms with Gasteiger partial charge in [-0.25, -0.2) is 4.98 Å². The van der Waals surface area contributed by atoms with Gasteiger partial charge in [0.1, 0.15) is 0 Å². The maximum atomic E-state index is 5.83. The van der Waals surface area contributed by atoms with E-state index in [9.17, 15) is 0 Å². The van der Waals surface area contributed by atoms with Gasteiger partial charge in [0.05, 0.1) is 31.6 Å². The molecule has 1 N–H and O–H groups in total. The van der Waals surface area contributed by atoms with Crippen molar-refractivity contribution in [3.05, 3.63) is 11.9 Å². The summed E-state index contributed by atoms with van der Waals surface area (Å²) in [5, 5.41) is 3.39. The summed E-state index contributed by atoms with van der Waals surface area (Å²) >= 11 is 0. The number of anilines is 1. The number of imidazole rings is 1. The van der Waals surface area contributed by atoms with Crippen LogP contribution in [0, 0.1) is 6.92 Å². The number of morpholine rings is 1. The van der Waals surface area contributed by atoms with Crippen LogP contribution in [-0.2, 0) is 16.0 Å². The normalized spacial score (nSPS) is 21.9. The van der Waals surface area contributed by atoms with Crippen molar-refractivity contribution in [1.82, 2.24) is 14.5 Å². The van der Waals surface area contributed by atoms with Gasteiger partial charge in [-0.15, -0.1) is 0 Å². The predicted molar refractivity (Wildman–Crippen MR) is 79.2 cm³/mol. The molecule has 0 saturated carbocycles. The minimum Gasteiger partial charge on any atom is -0.383 e. The van der Waals surface area contributed by atoms with Crippen molar-refractivity contribution in [2.75, 3.05) is 45.8 Å². The Bertz CT molecular complexity index is 421. The van der Waals surface area contributed by atoms with Gasteiger partial charge < -0.3 is 24.3 Å². The number of nitrogens with zero attached hydrogens (tertiary/aromatic N) is 3. The van der Waals surface area contributed by atoms with E-state index in [4.69, 9.17) is 9.47 Å². The molecule has 2 atom stereocenters. The summed E-state index contributed by atoms with van der Waals surface area (Å²) in [6.07, 6.45) is 2.29. The maximum absolute atomic E-state index is 5.83. The van der Waals surface area contributed by atoms with E-state index >= 15 is 0 Å². The van der Waals surface area contributed by atoms with Gasteiger partial charge >= 0.3 is 0 Å². The first kappa shape index (κ1) is 15.3. The molecule has 0 amide bonds. The van der Waals surface area contributed by atoms with Gasteiger partial charge in [0, 0.05) is 32.4 Å². The number of nitrogens with one attached hydrogen (secondary N) is 1. The van der Waals surface area contributed by atoms with Crippen LogP contribution in [0.15, 0.2) is 6.20 Å². The third-order valence-electron chi connectivity index (χ3n) is 3.43. The summed E-state index contributed by atoms with van der Waals surface area (Å²) in [5.41, 5.74) is 1.02. The molecule has 1 fully saturated rings. The molecule has 1 aliphatic heterocycles. The first-order valence-corrected chi connectivity index (χ1v) is 7.18. The Hall–Kier alpha value is -1.11. The molecule has 20 heavy (non-hydrogen) atoms. The zero-order chi connectivity index (χ0) is 14.5. The molecule has 1 aliphatic rings. The van der Waals surface area contributed by atoms with Crippen LogP contribution in [0.25, 0.3) is 0 Å². The fourth-order valence-electron chi connectivity index (χ4n) is 2.51. The molecule has 0 aromatic carbocycles. The lowest BCUT2D eigenvalue weighted by Gasteiger charge is -2.30. The largest absolute Gasteiger partial charge is 0.383 e. The Kier molecular flexibility index (Phi) is 5.39. The Labute approximate surface area is 121 Å². The second-order valence-electron chi connectivity index (χ2n) is 5.61. The summed E-state index contributed by atoms with van der Waals surface area (Å²) in [6.45, 7) is 8.36. The molecule has 6 nitrogen and oxygen atoms in total. The minimum atomic E-state index is 0.223. The van der Waals surface area contributed by atoms with E-state index in [1.54, 1.807) is 7.11 Å². The van der Waals surface area contributed by atoms with Crippen molar-refractivity contribution in [1.29, 1.82) is 0 Å². The van der Waals surface area contributed by atoms with E-state index in [-0.39, 0.29) is 12.1 Å². The zero-order valence-corrected chi connectivity index (χ0v) is 12.9. The number of ether oxygens (including phenoxy) is 2. The summed E-state index contributed by atoms with van der Waals surface area (Å²) in [6, 6.07) is 0.232. The average molecular weight is 282 g/mol. The molecule has 0 bridgehead atoms. The number of methoxy groups -OCH3 is 1. The van der Waals surface area contributed by atoms with E-state index in [1.165, 1.54) is 0 Å². The highest BCUT2D eigenvalue weighted by Gasteiger charge is 2.20. The van der Waals surface area contributed by atoms with Gasteiger partial charge in [-0.1, -0.05) is 0 Å². The number of aryl methyl sites for hydroxylation is 1. The summed E-state index contributed by atoms with van der Waals surface area (Å²) in [7, 11) is 3.84. The van der Waals surface area contributed by atoms with Crippen LogP contribution in [0.2, 0.25) is 0 Å². The molecule has 1 aromatic heterocycles. The molecule has 2 unspecified atom stereocenters. The summed E-state index contributed by atoms with van der Waals surface area (Å²) in [5.74, 6) is 0.892. The summed E-state index contributed by atoms with van der Waals surface area (Å²) < 4.78 is 13.1. The molecule has 0 spiro atoms.